The van der Waals surface area contributed by atoms with Crippen molar-refractivity contribution in [3.63, 3.8) is 0 Å². The van der Waals surface area contributed by atoms with Crippen LogP contribution in [-0.4, -0.2) is 40.4 Å². The van der Waals surface area contributed by atoms with Crippen LogP contribution < -0.4 is 5.32 Å². The van der Waals surface area contributed by atoms with Gasteiger partial charge in [0, 0.05) is 36.9 Å². The first-order valence-electron chi connectivity index (χ1n) is 7.65. The molecule has 1 atom stereocenters. The van der Waals surface area contributed by atoms with Crippen molar-refractivity contribution >= 4 is 0 Å². The summed E-state index contributed by atoms with van der Waals surface area (Å²) in [5.41, 5.74) is 3.86. The van der Waals surface area contributed by atoms with Gasteiger partial charge in [0.2, 0.25) is 0 Å². The zero-order valence-electron chi connectivity index (χ0n) is 12.9. The van der Waals surface area contributed by atoms with Gasteiger partial charge in [-0.25, -0.2) is 0 Å². The molecule has 0 radical (unpaired) electrons. The van der Waals surface area contributed by atoms with E-state index >= 15 is 0 Å². The van der Waals surface area contributed by atoms with Crippen LogP contribution in [0.25, 0.3) is 0 Å². The Morgan fingerprint density at radius 3 is 2.68 bits per heavy atom. The highest BCUT2D eigenvalue weighted by atomic mass is 15.3. The van der Waals surface area contributed by atoms with Crippen molar-refractivity contribution in [1.82, 2.24) is 20.0 Å². The van der Waals surface area contributed by atoms with Gasteiger partial charge in [0.25, 0.3) is 0 Å². The number of hydrogen-bond donors (Lipinski definition) is 1. The fourth-order valence-corrected chi connectivity index (χ4v) is 3.20. The molecule has 1 aromatic rings. The van der Waals surface area contributed by atoms with Crippen LogP contribution in [0.3, 0.4) is 0 Å². The van der Waals surface area contributed by atoms with Crippen molar-refractivity contribution in [1.29, 1.82) is 0 Å². The van der Waals surface area contributed by atoms with E-state index in [1.165, 1.54) is 42.9 Å². The summed E-state index contributed by atoms with van der Waals surface area (Å²) in [7, 11) is 0. The minimum Gasteiger partial charge on any atom is -0.311 e. The van der Waals surface area contributed by atoms with Gasteiger partial charge in [0.05, 0.1) is 5.69 Å². The van der Waals surface area contributed by atoms with Crippen LogP contribution in [0.15, 0.2) is 0 Å². The van der Waals surface area contributed by atoms with Gasteiger partial charge in [-0.05, 0) is 46.7 Å². The Kier molecular flexibility index (Phi) is 4.99. The van der Waals surface area contributed by atoms with Crippen LogP contribution in [0.1, 0.15) is 43.6 Å². The summed E-state index contributed by atoms with van der Waals surface area (Å²) in [6.07, 6.45) is 2.69. The van der Waals surface area contributed by atoms with E-state index in [1.807, 2.05) is 0 Å². The molecule has 4 nitrogen and oxygen atoms in total. The molecule has 0 amide bonds. The normalized spacial score (nSPS) is 20.3. The van der Waals surface area contributed by atoms with Gasteiger partial charge in [-0.1, -0.05) is 6.92 Å². The third kappa shape index (κ3) is 3.18. The fourth-order valence-electron chi connectivity index (χ4n) is 3.20. The second kappa shape index (κ2) is 6.53. The molecule has 1 saturated heterocycles. The quantitative estimate of drug-likeness (QED) is 0.854. The Morgan fingerprint density at radius 1 is 1.26 bits per heavy atom. The second-order valence-electron chi connectivity index (χ2n) is 5.52. The van der Waals surface area contributed by atoms with Crippen LogP contribution >= 0.6 is 0 Å². The molecule has 0 aliphatic carbocycles. The van der Waals surface area contributed by atoms with Crippen molar-refractivity contribution in [2.75, 3.05) is 19.6 Å². The monoisotopic (exact) mass is 264 g/mol. The maximum absolute atomic E-state index is 4.58. The Morgan fingerprint density at radius 2 is 2.05 bits per heavy atom. The number of nitrogens with zero attached hydrogens (tertiary/aromatic N) is 3. The van der Waals surface area contributed by atoms with E-state index in [2.05, 4.69) is 47.7 Å². The van der Waals surface area contributed by atoms with Crippen LogP contribution in [0.2, 0.25) is 0 Å². The third-order valence-electron chi connectivity index (χ3n) is 4.42. The number of likely N-dealkylation sites (tertiary alicyclic amines) is 1. The minimum absolute atomic E-state index is 0.729. The van der Waals surface area contributed by atoms with E-state index < -0.39 is 0 Å². The Balaban J connectivity index is 1.87. The zero-order valence-corrected chi connectivity index (χ0v) is 12.9. The third-order valence-corrected chi connectivity index (χ3v) is 4.42. The lowest BCUT2D eigenvalue weighted by Gasteiger charge is -2.23. The summed E-state index contributed by atoms with van der Waals surface area (Å²) in [6, 6.07) is 0.729. The van der Waals surface area contributed by atoms with E-state index in [1.54, 1.807) is 0 Å². The van der Waals surface area contributed by atoms with Gasteiger partial charge in [-0.15, -0.1) is 0 Å². The predicted molar refractivity (Wildman–Crippen MR) is 79.4 cm³/mol. The Hall–Kier alpha value is -0.870. The largest absolute Gasteiger partial charge is 0.311 e. The van der Waals surface area contributed by atoms with E-state index in [9.17, 15) is 0 Å². The summed E-state index contributed by atoms with van der Waals surface area (Å²) in [5, 5.41) is 8.21. The first-order valence-corrected chi connectivity index (χ1v) is 7.65. The van der Waals surface area contributed by atoms with E-state index in [0.29, 0.717) is 0 Å². The first-order chi connectivity index (χ1) is 9.17. The van der Waals surface area contributed by atoms with Gasteiger partial charge < -0.3 is 5.32 Å². The Bertz CT molecular complexity index is 411. The van der Waals surface area contributed by atoms with Gasteiger partial charge in [0.15, 0.2) is 0 Å². The van der Waals surface area contributed by atoms with Crippen molar-refractivity contribution < 1.29 is 0 Å². The van der Waals surface area contributed by atoms with Gasteiger partial charge in [-0.2, -0.15) is 5.10 Å². The molecule has 1 aromatic heterocycles. The van der Waals surface area contributed by atoms with Crippen molar-refractivity contribution in [2.24, 2.45) is 0 Å². The average Bonchev–Trinajstić information content (AvgIpc) is 2.96. The van der Waals surface area contributed by atoms with Gasteiger partial charge in [-0.3, -0.25) is 9.58 Å². The SMILES string of the molecule is CCN1CCC[C@@H]1CNCc1c(C)nn(CC)c1C. The molecular formula is C15H28N4. The van der Waals surface area contributed by atoms with Gasteiger partial charge >= 0.3 is 0 Å². The highest BCUT2D eigenvalue weighted by molar-refractivity contribution is 5.24. The second-order valence-corrected chi connectivity index (χ2v) is 5.52. The molecule has 108 valence electrons. The maximum Gasteiger partial charge on any atom is 0.0641 e. The smallest absolute Gasteiger partial charge is 0.0641 e. The lowest BCUT2D eigenvalue weighted by Crippen LogP contribution is -2.37. The van der Waals surface area contributed by atoms with Crippen LogP contribution in [-0.2, 0) is 13.1 Å². The molecule has 0 aromatic carbocycles. The summed E-state index contributed by atoms with van der Waals surface area (Å²) in [4.78, 5) is 2.59. The molecule has 0 saturated carbocycles. The van der Waals surface area contributed by atoms with E-state index in [-0.39, 0.29) is 0 Å². The summed E-state index contributed by atoms with van der Waals surface area (Å²) >= 11 is 0. The number of nitrogens with one attached hydrogen (secondary N) is 1. The first kappa shape index (κ1) is 14.5. The molecule has 1 aliphatic rings. The van der Waals surface area contributed by atoms with E-state index in [0.717, 1.165) is 25.7 Å². The molecule has 4 heteroatoms. The number of aryl methyl sites for hydroxylation is 2. The number of aromatic nitrogens is 2. The minimum atomic E-state index is 0.729. The molecule has 0 bridgehead atoms. The lowest BCUT2D eigenvalue weighted by molar-refractivity contribution is 0.260. The predicted octanol–water partition coefficient (Wildman–Crippen LogP) is 2.09. The molecule has 0 spiro atoms. The average molecular weight is 264 g/mol. The molecule has 0 unspecified atom stereocenters. The van der Waals surface area contributed by atoms with Crippen molar-refractivity contribution in [3.05, 3.63) is 17.0 Å². The number of likely N-dealkylation sites (N-methyl/N-ethyl adjacent to an activating group) is 1. The van der Waals surface area contributed by atoms with Gasteiger partial charge in [0.1, 0.15) is 0 Å². The van der Waals surface area contributed by atoms with Crippen LogP contribution in [0.4, 0.5) is 0 Å². The topological polar surface area (TPSA) is 33.1 Å². The summed E-state index contributed by atoms with van der Waals surface area (Å²) in [6.45, 7) is 14.2. The molecule has 2 rings (SSSR count). The molecule has 1 aliphatic heterocycles. The highest BCUT2D eigenvalue weighted by Gasteiger charge is 2.22. The van der Waals surface area contributed by atoms with E-state index in [4.69, 9.17) is 0 Å². The zero-order chi connectivity index (χ0) is 13.8. The highest BCUT2D eigenvalue weighted by Crippen LogP contribution is 2.16. The summed E-state index contributed by atoms with van der Waals surface area (Å²) < 4.78 is 2.10. The molecule has 19 heavy (non-hydrogen) atoms. The Labute approximate surface area is 117 Å². The number of rotatable bonds is 6. The lowest BCUT2D eigenvalue weighted by atomic mass is 10.2. The van der Waals surface area contributed by atoms with Crippen LogP contribution in [0.5, 0.6) is 0 Å². The fraction of sp³-hybridized carbons (Fsp3) is 0.800. The number of hydrogen-bond acceptors (Lipinski definition) is 3. The molecule has 2 heterocycles. The summed E-state index contributed by atoms with van der Waals surface area (Å²) in [5.74, 6) is 0. The molecule has 1 fully saturated rings. The standard InChI is InChI=1S/C15H28N4/c1-5-18-9-7-8-14(18)10-16-11-15-12(3)17-19(6-2)13(15)4/h14,16H,5-11H2,1-4H3/t14-/m1/s1. The molecule has 1 N–H and O–H groups in total. The molecular weight excluding hydrogens is 236 g/mol. The van der Waals surface area contributed by atoms with Crippen molar-refractivity contribution in [2.45, 2.75) is 59.7 Å². The van der Waals surface area contributed by atoms with Crippen molar-refractivity contribution in [3.8, 4) is 0 Å². The van der Waals surface area contributed by atoms with Crippen LogP contribution in [0, 0.1) is 13.8 Å². The maximum atomic E-state index is 4.58.